The van der Waals surface area contributed by atoms with Gasteiger partial charge < -0.3 is 4.90 Å². The van der Waals surface area contributed by atoms with Gasteiger partial charge in [0.15, 0.2) is 0 Å². The number of hydrogen-bond donors (Lipinski definition) is 1. The number of likely N-dealkylation sites (tertiary alicyclic amines) is 1. The molecule has 1 unspecified atom stereocenters. The Kier molecular flexibility index (Phi) is 3.42. The highest BCUT2D eigenvalue weighted by molar-refractivity contribution is 6.18. The van der Waals surface area contributed by atoms with Crippen LogP contribution in [0, 0.1) is 5.92 Å². The van der Waals surface area contributed by atoms with Crippen LogP contribution >= 0.6 is 11.6 Å². The molecule has 1 aromatic carbocycles. The molecule has 1 fully saturated rings. The molecule has 0 spiro atoms. The van der Waals surface area contributed by atoms with Crippen molar-refractivity contribution in [1.29, 1.82) is 0 Å². The van der Waals surface area contributed by atoms with Gasteiger partial charge in [0.2, 0.25) is 5.91 Å². The molecule has 1 atom stereocenters. The van der Waals surface area contributed by atoms with E-state index in [2.05, 4.69) is 28.4 Å². The molecule has 2 heterocycles. The third-order valence-electron chi connectivity index (χ3n) is 3.69. The molecule has 4 nitrogen and oxygen atoms in total. The summed E-state index contributed by atoms with van der Waals surface area (Å²) in [4.78, 5) is 13.7. The molecule has 1 saturated heterocycles. The van der Waals surface area contributed by atoms with Gasteiger partial charge in [-0.1, -0.05) is 12.1 Å². The van der Waals surface area contributed by atoms with Crippen LogP contribution < -0.4 is 0 Å². The summed E-state index contributed by atoms with van der Waals surface area (Å²) in [6, 6.07) is 6.25. The van der Waals surface area contributed by atoms with E-state index in [0.717, 1.165) is 30.4 Å². The van der Waals surface area contributed by atoms with E-state index in [1.165, 1.54) is 5.56 Å². The van der Waals surface area contributed by atoms with Gasteiger partial charge in [0, 0.05) is 30.8 Å². The molecule has 2 aromatic rings. The normalized spacial score (nSPS) is 19.5. The van der Waals surface area contributed by atoms with Crippen LogP contribution in [0.5, 0.6) is 0 Å². The first-order valence-corrected chi connectivity index (χ1v) is 7.05. The molecule has 1 aliphatic rings. The maximum atomic E-state index is 11.8. The molecule has 0 aliphatic carbocycles. The van der Waals surface area contributed by atoms with Crippen LogP contribution in [0.2, 0.25) is 0 Å². The molecule has 1 aromatic heterocycles. The van der Waals surface area contributed by atoms with E-state index in [9.17, 15) is 4.79 Å². The Morgan fingerprint density at radius 1 is 1.47 bits per heavy atom. The van der Waals surface area contributed by atoms with Gasteiger partial charge in [0.1, 0.15) is 0 Å². The van der Waals surface area contributed by atoms with E-state index in [1.807, 2.05) is 11.1 Å². The fraction of sp³-hybridized carbons (Fsp3) is 0.429. The van der Waals surface area contributed by atoms with E-state index in [4.69, 9.17) is 11.6 Å². The fourth-order valence-corrected chi connectivity index (χ4v) is 2.78. The topological polar surface area (TPSA) is 49.0 Å². The molecule has 5 heteroatoms. The Bertz CT molecular complexity index is 595. The highest BCUT2D eigenvalue weighted by Gasteiger charge is 2.28. The lowest BCUT2D eigenvalue weighted by Crippen LogP contribution is -2.27. The van der Waals surface area contributed by atoms with E-state index < -0.39 is 0 Å². The number of carbonyl (C=O) groups excluding carboxylic acids is 1. The van der Waals surface area contributed by atoms with Crippen molar-refractivity contribution in [3.8, 4) is 0 Å². The number of nitrogens with one attached hydrogen (secondary N) is 1. The molecule has 1 amide bonds. The van der Waals surface area contributed by atoms with E-state index >= 15 is 0 Å². The minimum absolute atomic E-state index is 0.230. The third kappa shape index (κ3) is 2.59. The van der Waals surface area contributed by atoms with Crippen molar-refractivity contribution in [2.45, 2.75) is 12.8 Å². The van der Waals surface area contributed by atoms with Gasteiger partial charge in [-0.2, -0.15) is 5.10 Å². The molecule has 0 radical (unpaired) electrons. The van der Waals surface area contributed by atoms with Crippen molar-refractivity contribution in [3.63, 3.8) is 0 Å². The summed E-state index contributed by atoms with van der Waals surface area (Å²) in [6.07, 6.45) is 3.28. The number of amides is 1. The van der Waals surface area contributed by atoms with Crippen molar-refractivity contribution in [2.75, 3.05) is 19.0 Å². The zero-order chi connectivity index (χ0) is 13.2. The second-order valence-electron chi connectivity index (χ2n) is 5.11. The van der Waals surface area contributed by atoms with Crippen LogP contribution in [0.15, 0.2) is 24.4 Å². The number of hydrogen-bond acceptors (Lipinski definition) is 2. The van der Waals surface area contributed by atoms with Crippen molar-refractivity contribution >= 4 is 28.4 Å². The van der Waals surface area contributed by atoms with Crippen LogP contribution in [-0.2, 0) is 11.2 Å². The summed E-state index contributed by atoms with van der Waals surface area (Å²) >= 11 is 5.82. The smallest absolute Gasteiger partial charge is 0.222 e. The first-order valence-electron chi connectivity index (χ1n) is 6.52. The number of nitrogens with zero attached hydrogens (tertiary/aromatic N) is 2. The molecule has 3 rings (SSSR count). The van der Waals surface area contributed by atoms with Crippen molar-refractivity contribution < 1.29 is 4.79 Å². The monoisotopic (exact) mass is 277 g/mol. The van der Waals surface area contributed by atoms with Crippen molar-refractivity contribution in [1.82, 2.24) is 15.1 Å². The number of aromatic amines is 1. The molecular formula is C14H16ClN3O. The summed E-state index contributed by atoms with van der Waals surface area (Å²) < 4.78 is 0. The lowest BCUT2D eigenvalue weighted by Gasteiger charge is -2.16. The average molecular weight is 278 g/mol. The largest absolute Gasteiger partial charge is 0.342 e. The molecule has 1 N–H and O–H groups in total. The fourth-order valence-electron chi connectivity index (χ4n) is 2.58. The Morgan fingerprint density at radius 3 is 3.16 bits per heavy atom. The van der Waals surface area contributed by atoms with Crippen molar-refractivity contribution in [3.05, 3.63) is 30.0 Å². The van der Waals surface area contributed by atoms with E-state index in [0.29, 0.717) is 18.2 Å². The summed E-state index contributed by atoms with van der Waals surface area (Å²) in [7, 11) is 0. The predicted octanol–water partition coefficient (Wildman–Crippen LogP) is 2.19. The third-order valence-corrected chi connectivity index (χ3v) is 4.13. The maximum Gasteiger partial charge on any atom is 0.222 e. The molecular weight excluding hydrogens is 262 g/mol. The zero-order valence-electron chi connectivity index (χ0n) is 10.6. The first-order chi connectivity index (χ1) is 9.26. The second-order valence-corrected chi connectivity index (χ2v) is 5.41. The average Bonchev–Trinajstić information content (AvgIpc) is 3.02. The SMILES string of the molecule is O=C1CC(CCl)CN1CCc1ccc2cn[nH]c2c1. The van der Waals surface area contributed by atoms with Crippen LogP contribution in [0.1, 0.15) is 12.0 Å². The Balaban J connectivity index is 1.64. The van der Waals surface area contributed by atoms with Crippen LogP contribution in [-0.4, -0.2) is 40.0 Å². The Labute approximate surface area is 116 Å². The van der Waals surface area contributed by atoms with Crippen LogP contribution in [0.3, 0.4) is 0 Å². The molecule has 0 saturated carbocycles. The quantitative estimate of drug-likeness (QED) is 0.871. The molecule has 1 aliphatic heterocycles. The number of rotatable bonds is 4. The van der Waals surface area contributed by atoms with Gasteiger partial charge in [-0.25, -0.2) is 0 Å². The molecule has 100 valence electrons. The standard InChI is InChI=1S/C14H16ClN3O/c15-7-11-6-14(19)18(9-11)4-3-10-1-2-12-8-16-17-13(12)5-10/h1-2,5,8,11H,3-4,6-7,9H2,(H,16,17). The zero-order valence-corrected chi connectivity index (χ0v) is 11.4. The number of benzene rings is 1. The lowest BCUT2D eigenvalue weighted by atomic mass is 10.1. The van der Waals surface area contributed by atoms with Gasteiger partial charge in [-0.15, -0.1) is 11.6 Å². The maximum absolute atomic E-state index is 11.8. The Hall–Kier alpha value is -1.55. The lowest BCUT2D eigenvalue weighted by molar-refractivity contribution is -0.127. The van der Waals surface area contributed by atoms with Crippen LogP contribution in [0.25, 0.3) is 10.9 Å². The summed E-state index contributed by atoms with van der Waals surface area (Å²) in [5, 5.41) is 8.09. The number of H-pyrrole nitrogens is 1. The highest BCUT2D eigenvalue weighted by Crippen LogP contribution is 2.20. The number of fused-ring (bicyclic) bond motifs is 1. The number of aromatic nitrogens is 2. The van der Waals surface area contributed by atoms with Crippen molar-refractivity contribution in [2.24, 2.45) is 5.92 Å². The van der Waals surface area contributed by atoms with Gasteiger partial charge in [0.05, 0.1) is 11.7 Å². The van der Waals surface area contributed by atoms with Gasteiger partial charge in [-0.3, -0.25) is 9.89 Å². The second kappa shape index (κ2) is 5.21. The summed E-state index contributed by atoms with van der Waals surface area (Å²) in [5.74, 6) is 1.13. The van der Waals surface area contributed by atoms with Gasteiger partial charge >= 0.3 is 0 Å². The Morgan fingerprint density at radius 2 is 2.37 bits per heavy atom. The molecule has 19 heavy (non-hydrogen) atoms. The molecule has 0 bridgehead atoms. The first kappa shape index (κ1) is 12.5. The minimum Gasteiger partial charge on any atom is -0.342 e. The van der Waals surface area contributed by atoms with E-state index in [-0.39, 0.29) is 5.91 Å². The number of halogens is 1. The van der Waals surface area contributed by atoms with Crippen LogP contribution in [0.4, 0.5) is 0 Å². The van der Waals surface area contributed by atoms with E-state index in [1.54, 1.807) is 0 Å². The number of carbonyl (C=O) groups is 1. The van der Waals surface area contributed by atoms with Gasteiger partial charge in [0.25, 0.3) is 0 Å². The minimum atomic E-state index is 0.230. The predicted molar refractivity (Wildman–Crippen MR) is 75.2 cm³/mol. The summed E-state index contributed by atoms with van der Waals surface area (Å²) in [5.41, 5.74) is 2.27. The van der Waals surface area contributed by atoms with Gasteiger partial charge in [-0.05, 0) is 24.0 Å². The highest BCUT2D eigenvalue weighted by atomic mass is 35.5. The number of alkyl halides is 1. The summed E-state index contributed by atoms with van der Waals surface area (Å²) in [6.45, 7) is 1.57.